The van der Waals surface area contributed by atoms with E-state index in [1.807, 2.05) is 0 Å². The Morgan fingerprint density at radius 1 is 1.26 bits per heavy atom. The van der Waals surface area contributed by atoms with Crippen molar-refractivity contribution in [3.63, 3.8) is 0 Å². The van der Waals surface area contributed by atoms with Crippen LogP contribution in [0.3, 0.4) is 0 Å². The standard InChI is InChI=1S/C12H15FO5S/c1-17-10-8(5-4-6-14)7-9(13)12(11(10)18-2)19(3,15)16/h6-7H,4-5H2,1-3H3. The van der Waals surface area contributed by atoms with Crippen LogP contribution in [0.4, 0.5) is 4.39 Å². The minimum atomic E-state index is -3.80. The van der Waals surface area contributed by atoms with Gasteiger partial charge in [-0.1, -0.05) is 0 Å². The normalized spacial score (nSPS) is 11.2. The molecule has 0 N–H and O–H groups in total. The number of aryl methyl sites for hydroxylation is 1. The zero-order valence-corrected chi connectivity index (χ0v) is 11.7. The predicted molar refractivity (Wildman–Crippen MR) is 67.0 cm³/mol. The van der Waals surface area contributed by atoms with E-state index in [4.69, 9.17) is 9.47 Å². The van der Waals surface area contributed by atoms with E-state index in [1.165, 1.54) is 14.2 Å². The maximum atomic E-state index is 13.9. The van der Waals surface area contributed by atoms with Gasteiger partial charge in [0.05, 0.1) is 14.2 Å². The summed E-state index contributed by atoms with van der Waals surface area (Å²) in [6.45, 7) is 0. The Bertz CT molecular complexity index is 580. The van der Waals surface area contributed by atoms with Crippen LogP contribution in [0.1, 0.15) is 12.0 Å². The van der Waals surface area contributed by atoms with E-state index in [2.05, 4.69) is 0 Å². The van der Waals surface area contributed by atoms with Gasteiger partial charge in [0.2, 0.25) is 0 Å². The van der Waals surface area contributed by atoms with Crippen molar-refractivity contribution in [3.05, 3.63) is 17.4 Å². The quantitative estimate of drug-likeness (QED) is 0.740. The molecule has 0 spiro atoms. The maximum absolute atomic E-state index is 13.9. The Labute approximate surface area is 111 Å². The zero-order valence-electron chi connectivity index (χ0n) is 10.9. The van der Waals surface area contributed by atoms with Crippen molar-refractivity contribution < 1.29 is 27.1 Å². The van der Waals surface area contributed by atoms with Crippen LogP contribution in [0.15, 0.2) is 11.0 Å². The van der Waals surface area contributed by atoms with Crippen LogP contribution in [0.25, 0.3) is 0 Å². The van der Waals surface area contributed by atoms with Crippen molar-refractivity contribution in [1.29, 1.82) is 0 Å². The minimum absolute atomic E-state index is 0.131. The Kier molecular flexibility index (Phi) is 4.88. The van der Waals surface area contributed by atoms with E-state index >= 15 is 0 Å². The third-order valence-corrected chi connectivity index (χ3v) is 3.65. The Balaban J connectivity index is 3.58. The second kappa shape index (κ2) is 6.01. The van der Waals surface area contributed by atoms with E-state index in [9.17, 15) is 17.6 Å². The smallest absolute Gasteiger partial charge is 0.182 e. The van der Waals surface area contributed by atoms with Crippen LogP contribution in [0.5, 0.6) is 11.5 Å². The number of benzene rings is 1. The van der Waals surface area contributed by atoms with Crippen LogP contribution in [-0.4, -0.2) is 35.2 Å². The van der Waals surface area contributed by atoms with Crippen LogP contribution in [0.2, 0.25) is 0 Å². The molecule has 106 valence electrons. The lowest BCUT2D eigenvalue weighted by molar-refractivity contribution is -0.107. The molecule has 7 heteroatoms. The monoisotopic (exact) mass is 290 g/mol. The molecule has 5 nitrogen and oxygen atoms in total. The molecule has 0 atom stereocenters. The molecule has 0 bridgehead atoms. The SMILES string of the molecule is COc1c(CCC=O)cc(F)c(S(C)(=O)=O)c1OC. The first-order valence-electron chi connectivity index (χ1n) is 5.43. The molecule has 0 fully saturated rings. The molecule has 0 saturated carbocycles. The number of halogens is 1. The summed E-state index contributed by atoms with van der Waals surface area (Å²) in [5, 5.41) is 0. The van der Waals surface area contributed by atoms with Gasteiger partial charge in [-0.25, -0.2) is 12.8 Å². The molecule has 0 radical (unpaired) electrons. The summed E-state index contributed by atoms with van der Waals surface area (Å²) in [4.78, 5) is 9.84. The third kappa shape index (κ3) is 3.23. The molecule has 1 aromatic carbocycles. The fourth-order valence-corrected chi connectivity index (χ4v) is 2.72. The lowest BCUT2D eigenvalue weighted by Crippen LogP contribution is -2.08. The molecule has 0 aromatic heterocycles. The number of methoxy groups -OCH3 is 2. The average molecular weight is 290 g/mol. The van der Waals surface area contributed by atoms with Gasteiger partial charge in [0, 0.05) is 18.2 Å². The highest BCUT2D eigenvalue weighted by Crippen LogP contribution is 2.39. The fourth-order valence-electron chi connectivity index (χ4n) is 1.80. The molecule has 0 aliphatic carbocycles. The molecule has 19 heavy (non-hydrogen) atoms. The highest BCUT2D eigenvalue weighted by atomic mass is 32.2. The van der Waals surface area contributed by atoms with E-state index in [-0.39, 0.29) is 24.3 Å². The molecule has 0 aliphatic heterocycles. The number of rotatable bonds is 6. The van der Waals surface area contributed by atoms with Gasteiger partial charge >= 0.3 is 0 Å². The topological polar surface area (TPSA) is 69.7 Å². The molecule has 0 aliphatic rings. The summed E-state index contributed by atoms with van der Waals surface area (Å²) >= 11 is 0. The minimum Gasteiger partial charge on any atom is -0.493 e. The maximum Gasteiger partial charge on any atom is 0.182 e. The van der Waals surface area contributed by atoms with Crippen molar-refractivity contribution in [2.24, 2.45) is 0 Å². The van der Waals surface area contributed by atoms with Crippen LogP contribution >= 0.6 is 0 Å². The predicted octanol–water partition coefficient (Wildman–Crippen LogP) is 1.38. The molecule has 0 amide bonds. The molecular formula is C12H15FO5S. The second-order valence-electron chi connectivity index (χ2n) is 3.89. The summed E-state index contributed by atoms with van der Waals surface area (Å²) in [5.74, 6) is -0.960. The van der Waals surface area contributed by atoms with Gasteiger partial charge in [-0.3, -0.25) is 0 Å². The number of hydrogen-bond acceptors (Lipinski definition) is 5. The first-order valence-corrected chi connectivity index (χ1v) is 7.33. The summed E-state index contributed by atoms with van der Waals surface area (Å²) in [6, 6.07) is 1.06. The van der Waals surface area contributed by atoms with E-state index in [0.717, 1.165) is 12.3 Å². The van der Waals surface area contributed by atoms with Crippen molar-refractivity contribution in [2.45, 2.75) is 17.7 Å². The van der Waals surface area contributed by atoms with Gasteiger partial charge in [-0.05, 0) is 12.5 Å². The number of carbonyl (C=O) groups excluding carboxylic acids is 1. The number of ether oxygens (including phenoxy) is 2. The fraction of sp³-hybridized carbons (Fsp3) is 0.417. The van der Waals surface area contributed by atoms with Gasteiger partial charge in [0.25, 0.3) is 0 Å². The van der Waals surface area contributed by atoms with Crippen molar-refractivity contribution >= 4 is 16.1 Å². The van der Waals surface area contributed by atoms with Crippen LogP contribution in [0, 0.1) is 5.82 Å². The van der Waals surface area contributed by atoms with Crippen LogP contribution in [-0.2, 0) is 21.1 Å². The van der Waals surface area contributed by atoms with E-state index in [1.54, 1.807) is 0 Å². The van der Waals surface area contributed by atoms with Crippen molar-refractivity contribution in [1.82, 2.24) is 0 Å². The lowest BCUT2D eigenvalue weighted by atomic mass is 10.1. The van der Waals surface area contributed by atoms with Gasteiger partial charge in [-0.15, -0.1) is 0 Å². The van der Waals surface area contributed by atoms with Gasteiger partial charge in [-0.2, -0.15) is 0 Å². The first kappa shape index (κ1) is 15.4. The van der Waals surface area contributed by atoms with Crippen LogP contribution < -0.4 is 9.47 Å². The number of sulfone groups is 1. The molecule has 1 aromatic rings. The Morgan fingerprint density at radius 2 is 1.84 bits per heavy atom. The number of aldehydes is 1. The molecule has 1 rings (SSSR count). The second-order valence-corrected chi connectivity index (χ2v) is 5.84. The largest absolute Gasteiger partial charge is 0.493 e. The Hall–Kier alpha value is -1.63. The summed E-state index contributed by atoms with van der Waals surface area (Å²) < 4.78 is 47.2. The molecule has 0 heterocycles. The third-order valence-electron chi connectivity index (χ3n) is 2.53. The molecular weight excluding hydrogens is 275 g/mol. The van der Waals surface area contributed by atoms with E-state index < -0.39 is 20.5 Å². The highest BCUT2D eigenvalue weighted by molar-refractivity contribution is 7.90. The van der Waals surface area contributed by atoms with E-state index in [0.29, 0.717) is 11.8 Å². The zero-order chi connectivity index (χ0) is 14.6. The van der Waals surface area contributed by atoms with Gasteiger partial charge < -0.3 is 14.3 Å². The van der Waals surface area contributed by atoms with Crippen molar-refractivity contribution in [3.8, 4) is 11.5 Å². The van der Waals surface area contributed by atoms with Gasteiger partial charge in [0.15, 0.2) is 21.3 Å². The Morgan fingerprint density at radius 3 is 2.26 bits per heavy atom. The summed E-state index contributed by atoms with van der Waals surface area (Å²) in [6.07, 6.45) is 1.99. The first-order chi connectivity index (χ1) is 8.86. The summed E-state index contributed by atoms with van der Waals surface area (Å²) in [7, 11) is -1.24. The molecule has 0 unspecified atom stereocenters. The highest BCUT2D eigenvalue weighted by Gasteiger charge is 2.26. The van der Waals surface area contributed by atoms with Gasteiger partial charge in [0.1, 0.15) is 17.0 Å². The summed E-state index contributed by atoms with van der Waals surface area (Å²) in [5.41, 5.74) is 0.386. The lowest BCUT2D eigenvalue weighted by Gasteiger charge is -2.16. The average Bonchev–Trinajstić information content (AvgIpc) is 2.33. The molecule has 0 saturated heterocycles. The number of carbonyl (C=O) groups is 1. The van der Waals surface area contributed by atoms with Crippen molar-refractivity contribution in [2.75, 3.05) is 20.5 Å². The number of hydrogen-bond donors (Lipinski definition) is 0.